The maximum atomic E-state index is 4.33. The van der Waals surface area contributed by atoms with E-state index < -0.39 is 0 Å². The Kier molecular flexibility index (Phi) is 5.56. The van der Waals surface area contributed by atoms with Crippen LogP contribution >= 0.6 is 11.3 Å². The van der Waals surface area contributed by atoms with E-state index in [1.807, 2.05) is 5.51 Å². The fraction of sp³-hybridized carbons (Fsp3) is 0.769. The molecular weight excluding hydrogens is 230 g/mol. The van der Waals surface area contributed by atoms with Crippen molar-refractivity contribution in [3.05, 3.63) is 16.6 Å². The third-order valence-corrected chi connectivity index (χ3v) is 3.91. The van der Waals surface area contributed by atoms with Gasteiger partial charge in [-0.05, 0) is 25.9 Å². The smallest absolute Gasteiger partial charge is 0.0795 e. The van der Waals surface area contributed by atoms with Crippen LogP contribution in [0.5, 0.6) is 0 Å². The average molecular weight is 255 g/mol. The predicted octanol–water partition coefficient (Wildman–Crippen LogP) is 2.60. The molecule has 4 heteroatoms. The molecule has 1 aromatic rings. The van der Waals surface area contributed by atoms with Gasteiger partial charge in [0.05, 0.1) is 11.2 Å². The van der Waals surface area contributed by atoms with Gasteiger partial charge in [-0.1, -0.05) is 20.8 Å². The second-order valence-corrected chi connectivity index (χ2v) is 6.14. The summed E-state index contributed by atoms with van der Waals surface area (Å²) in [5.41, 5.74) is 3.33. The first-order valence-corrected chi connectivity index (χ1v) is 7.19. The Balaban J connectivity index is 2.46. The summed E-state index contributed by atoms with van der Waals surface area (Å²) in [6.07, 6.45) is 0. The zero-order valence-corrected chi connectivity index (χ0v) is 12.5. The van der Waals surface area contributed by atoms with Crippen molar-refractivity contribution >= 4 is 11.3 Å². The molecule has 1 aromatic heterocycles. The van der Waals surface area contributed by atoms with E-state index in [0.717, 1.165) is 19.6 Å². The quantitative estimate of drug-likeness (QED) is 0.812. The van der Waals surface area contributed by atoms with Crippen molar-refractivity contribution in [2.24, 2.45) is 5.41 Å². The minimum atomic E-state index is 0.265. The lowest BCUT2D eigenvalue weighted by molar-refractivity contribution is 0.160. The lowest BCUT2D eigenvalue weighted by Crippen LogP contribution is -2.45. The summed E-state index contributed by atoms with van der Waals surface area (Å²) >= 11 is 1.66. The molecule has 1 rings (SSSR count). The van der Waals surface area contributed by atoms with Crippen molar-refractivity contribution < 1.29 is 0 Å². The van der Waals surface area contributed by atoms with Crippen LogP contribution in [0.15, 0.2) is 10.9 Å². The molecule has 1 N–H and O–H groups in total. The summed E-state index contributed by atoms with van der Waals surface area (Å²) in [6.45, 7) is 12.1. The van der Waals surface area contributed by atoms with Crippen LogP contribution in [0.3, 0.4) is 0 Å². The Bertz CT molecular complexity index is 308. The predicted molar refractivity (Wildman–Crippen MR) is 75.4 cm³/mol. The molecule has 1 atom stereocenters. The van der Waals surface area contributed by atoms with Crippen LogP contribution in [0.4, 0.5) is 0 Å². The molecule has 0 amide bonds. The number of nitrogens with one attached hydrogen (secondary N) is 1. The minimum absolute atomic E-state index is 0.265. The summed E-state index contributed by atoms with van der Waals surface area (Å²) < 4.78 is 0. The van der Waals surface area contributed by atoms with Crippen molar-refractivity contribution in [3.8, 4) is 0 Å². The highest BCUT2D eigenvalue weighted by Gasteiger charge is 2.26. The number of aromatic nitrogens is 1. The first kappa shape index (κ1) is 14.6. The number of thiazole rings is 1. The second kappa shape index (κ2) is 6.47. The van der Waals surface area contributed by atoms with Gasteiger partial charge in [-0.15, -0.1) is 11.3 Å². The molecule has 0 aromatic carbocycles. The number of hydrogen-bond donors (Lipinski definition) is 1. The topological polar surface area (TPSA) is 28.2 Å². The van der Waals surface area contributed by atoms with Crippen LogP contribution < -0.4 is 5.32 Å². The van der Waals surface area contributed by atoms with E-state index in [9.17, 15) is 0 Å². The van der Waals surface area contributed by atoms with E-state index in [1.54, 1.807) is 11.3 Å². The number of rotatable bonds is 7. The maximum absolute atomic E-state index is 4.33. The van der Waals surface area contributed by atoms with Crippen molar-refractivity contribution in [2.75, 3.05) is 20.1 Å². The monoisotopic (exact) mass is 255 g/mol. The Morgan fingerprint density at radius 3 is 2.76 bits per heavy atom. The van der Waals surface area contributed by atoms with Gasteiger partial charge in [-0.25, -0.2) is 4.98 Å². The van der Waals surface area contributed by atoms with E-state index >= 15 is 0 Å². The number of hydrogen-bond acceptors (Lipinski definition) is 4. The van der Waals surface area contributed by atoms with Gasteiger partial charge in [0.25, 0.3) is 0 Å². The highest BCUT2D eigenvalue weighted by Crippen LogP contribution is 2.22. The highest BCUT2D eigenvalue weighted by atomic mass is 32.1. The summed E-state index contributed by atoms with van der Waals surface area (Å²) in [7, 11) is 2.17. The molecule has 0 spiro atoms. The molecular formula is C13H25N3S. The van der Waals surface area contributed by atoms with E-state index in [1.165, 1.54) is 5.69 Å². The first-order valence-electron chi connectivity index (χ1n) is 6.24. The normalized spacial score (nSPS) is 14.2. The largest absolute Gasteiger partial charge is 0.314 e. The molecule has 1 unspecified atom stereocenters. The van der Waals surface area contributed by atoms with E-state index in [-0.39, 0.29) is 5.41 Å². The Labute approximate surface area is 109 Å². The molecule has 0 bridgehead atoms. The van der Waals surface area contributed by atoms with Crippen molar-refractivity contribution in [1.29, 1.82) is 0 Å². The zero-order valence-electron chi connectivity index (χ0n) is 11.7. The van der Waals surface area contributed by atoms with Gasteiger partial charge in [0, 0.05) is 24.5 Å². The number of nitrogens with zero attached hydrogens (tertiary/aromatic N) is 2. The van der Waals surface area contributed by atoms with Crippen LogP contribution in [-0.2, 0) is 6.54 Å². The van der Waals surface area contributed by atoms with Gasteiger partial charge in [0.2, 0.25) is 0 Å². The van der Waals surface area contributed by atoms with E-state index in [2.05, 4.69) is 55.3 Å². The molecule has 98 valence electrons. The molecule has 0 aliphatic carbocycles. The lowest BCUT2D eigenvalue weighted by Gasteiger charge is -2.36. The molecule has 3 nitrogen and oxygen atoms in total. The summed E-state index contributed by atoms with van der Waals surface area (Å²) in [4.78, 5) is 6.68. The standard InChI is InChI=1S/C13H25N3S/c1-6-14-11(2)13(3,4)9-16(5)7-12-8-17-10-15-12/h8,10-11,14H,6-7,9H2,1-5H3. The fourth-order valence-corrected chi connectivity index (χ4v) is 2.61. The SMILES string of the molecule is CCNC(C)C(C)(C)CN(C)Cc1cscn1. The Morgan fingerprint density at radius 2 is 2.24 bits per heavy atom. The van der Waals surface area contributed by atoms with Crippen molar-refractivity contribution in [3.63, 3.8) is 0 Å². The maximum Gasteiger partial charge on any atom is 0.0795 e. The summed E-state index contributed by atoms with van der Waals surface area (Å²) in [5, 5.41) is 5.63. The molecule has 0 aliphatic heterocycles. The van der Waals surface area contributed by atoms with Gasteiger partial charge in [0.15, 0.2) is 0 Å². The van der Waals surface area contributed by atoms with Crippen molar-refractivity contribution in [1.82, 2.24) is 15.2 Å². The van der Waals surface area contributed by atoms with Crippen LogP contribution in [0.25, 0.3) is 0 Å². The van der Waals surface area contributed by atoms with E-state index in [4.69, 9.17) is 0 Å². The van der Waals surface area contributed by atoms with Crippen LogP contribution in [0, 0.1) is 5.41 Å². The summed E-state index contributed by atoms with van der Waals surface area (Å²) in [6, 6.07) is 0.519. The second-order valence-electron chi connectivity index (χ2n) is 5.42. The first-order chi connectivity index (χ1) is 7.95. The van der Waals surface area contributed by atoms with Gasteiger partial charge in [-0.3, -0.25) is 4.90 Å². The highest BCUT2D eigenvalue weighted by molar-refractivity contribution is 7.07. The van der Waals surface area contributed by atoms with Crippen LogP contribution in [0.2, 0.25) is 0 Å². The molecule has 0 aliphatic rings. The third kappa shape index (κ3) is 4.74. The Hall–Kier alpha value is -0.450. The molecule has 0 fully saturated rings. The minimum Gasteiger partial charge on any atom is -0.314 e. The fourth-order valence-electron chi connectivity index (χ4n) is 2.06. The zero-order chi connectivity index (χ0) is 12.9. The molecule has 0 radical (unpaired) electrons. The molecule has 0 saturated heterocycles. The summed E-state index contributed by atoms with van der Waals surface area (Å²) in [5.74, 6) is 0. The average Bonchev–Trinajstić information content (AvgIpc) is 2.69. The van der Waals surface area contributed by atoms with Gasteiger partial charge in [0.1, 0.15) is 0 Å². The van der Waals surface area contributed by atoms with Gasteiger partial charge < -0.3 is 5.32 Å². The van der Waals surface area contributed by atoms with Crippen molar-refractivity contribution in [2.45, 2.75) is 40.3 Å². The van der Waals surface area contributed by atoms with E-state index in [0.29, 0.717) is 6.04 Å². The van der Waals surface area contributed by atoms with Crippen LogP contribution in [0.1, 0.15) is 33.4 Å². The molecule has 1 heterocycles. The van der Waals surface area contributed by atoms with Gasteiger partial charge >= 0.3 is 0 Å². The van der Waals surface area contributed by atoms with Crippen LogP contribution in [-0.4, -0.2) is 36.1 Å². The lowest BCUT2D eigenvalue weighted by atomic mass is 9.85. The van der Waals surface area contributed by atoms with Gasteiger partial charge in [-0.2, -0.15) is 0 Å². The molecule has 0 saturated carbocycles. The third-order valence-electron chi connectivity index (χ3n) is 3.28. The Morgan fingerprint density at radius 1 is 1.53 bits per heavy atom. The molecule has 17 heavy (non-hydrogen) atoms.